The Morgan fingerprint density at radius 1 is 1.42 bits per heavy atom. The third-order valence-corrected chi connectivity index (χ3v) is 4.87. The van der Waals surface area contributed by atoms with Crippen molar-refractivity contribution in [1.29, 1.82) is 0 Å². The fourth-order valence-electron chi connectivity index (χ4n) is 1.45. The Labute approximate surface area is 122 Å². The molecular formula is C11H15Cl2NO4S. The Balaban J connectivity index is 3.25. The number of nitrogens with one attached hydrogen (secondary N) is 1. The Bertz CT molecular complexity index is 544. The first-order chi connectivity index (χ1) is 8.87. The number of rotatable bonds is 6. The Morgan fingerprint density at radius 2 is 2.05 bits per heavy atom. The van der Waals surface area contributed by atoms with E-state index in [9.17, 15) is 8.42 Å². The van der Waals surface area contributed by atoms with E-state index in [-0.39, 0.29) is 27.3 Å². The van der Waals surface area contributed by atoms with Crippen LogP contribution in [0.2, 0.25) is 10.0 Å². The van der Waals surface area contributed by atoms with Gasteiger partial charge in [-0.2, -0.15) is 0 Å². The second-order valence-electron chi connectivity index (χ2n) is 3.80. The van der Waals surface area contributed by atoms with Gasteiger partial charge in [-0.15, -0.1) is 0 Å². The molecule has 0 aliphatic rings. The van der Waals surface area contributed by atoms with Crippen LogP contribution in [0.4, 0.5) is 0 Å². The Kier molecular flexibility index (Phi) is 5.88. The molecule has 0 aliphatic carbocycles. The highest BCUT2D eigenvalue weighted by Gasteiger charge is 2.25. The Hall–Kier alpha value is -0.530. The molecule has 5 nitrogen and oxygen atoms in total. The predicted molar refractivity (Wildman–Crippen MR) is 74.5 cm³/mol. The standard InChI is InChI=1S/C11H15Cl2NO4S/c1-3-7(6-15)14-19(16,17)9-5-4-8(12)10(13)11(9)18-2/h4-5,7,14-15H,3,6H2,1-2H3. The van der Waals surface area contributed by atoms with Crippen LogP contribution in [0.25, 0.3) is 0 Å². The van der Waals surface area contributed by atoms with Crippen LogP contribution in [0.3, 0.4) is 0 Å². The van der Waals surface area contributed by atoms with Gasteiger partial charge in [0.15, 0.2) is 5.75 Å². The molecule has 0 saturated heterocycles. The summed E-state index contributed by atoms with van der Waals surface area (Å²) < 4.78 is 31.8. The molecule has 0 heterocycles. The minimum absolute atomic E-state index is 0.0190. The number of aliphatic hydroxyl groups is 1. The van der Waals surface area contributed by atoms with Gasteiger partial charge < -0.3 is 9.84 Å². The zero-order chi connectivity index (χ0) is 14.6. The van der Waals surface area contributed by atoms with Crippen molar-refractivity contribution in [2.24, 2.45) is 0 Å². The van der Waals surface area contributed by atoms with Crippen molar-refractivity contribution in [2.45, 2.75) is 24.3 Å². The van der Waals surface area contributed by atoms with E-state index in [1.165, 1.54) is 19.2 Å². The molecule has 108 valence electrons. The molecule has 1 atom stereocenters. The molecule has 0 aromatic heterocycles. The second kappa shape index (κ2) is 6.76. The zero-order valence-electron chi connectivity index (χ0n) is 10.5. The number of benzene rings is 1. The molecule has 8 heteroatoms. The number of hydrogen-bond donors (Lipinski definition) is 2. The minimum atomic E-state index is -3.84. The lowest BCUT2D eigenvalue weighted by atomic mass is 10.3. The van der Waals surface area contributed by atoms with Crippen molar-refractivity contribution >= 4 is 33.2 Å². The van der Waals surface area contributed by atoms with E-state index in [1.807, 2.05) is 0 Å². The average Bonchev–Trinajstić information content (AvgIpc) is 2.38. The molecule has 1 rings (SSSR count). The van der Waals surface area contributed by atoms with Crippen LogP contribution in [0.1, 0.15) is 13.3 Å². The SMILES string of the molecule is CCC(CO)NS(=O)(=O)c1ccc(Cl)c(Cl)c1OC. The molecule has 1 aromatic rings. The maximum absolute atomic E-state index is 12.2. The smallest absolute Gasteiger partial charge is 0.244 e. The molecule has 2 N–H and O–H groups in total. The summed E-state index contributed by atoms with van der Waals surface area (Å²) in [6, 6.07) is 2.12. The zero-order valence-corrected chi connectivity index (χ0v) is 12.8. The molecule has 0 saturated carbocycles. The van der Waals surface area contributed by atoms with Gasteiger partial charge in [0.2, 0.25) is 10.0 Å². The lowest BCUT2D eigenvalue weighted by Crippen LogP contribution is -2.37. The minimum Gasteiger partial charge on any atom is -0.494 e. The summed E-state index contributed by atoms with van der Waals surface area (Å²) in [5.41, 5.74) is 0. The number of sulfonamides is 1. The second-order valence-corrected chi connectivity index (χ2v) is 6.27. The van der Waals surface area contributed by atoms with Crippen molar-refractivity contribution in [2.75, 3.05) is 13.7 Å². The summed E-state index contributed by atoms with van der Waals surface area (Å²) in [4.78, 5) is -0.115. The third kappa shape index (κ3) is 3.73. The van der Waals surface area contributed by atoms with Gasteiger partial charge in [0.25, 0.3) is 0 Å². The highest BCUT2D eigenvalue weighted by atomic mass is 35.5. The molecule has 19 heavy (non-hydrogen) atoms. The number of ether oxygens (including phenoxy) is 1. The van der Waals surface area contributed by atoms with Crippen LogP contribution in [0.15, 0.2) is 17.0 Å². The predicted octanol–water partition coefficient (Wildman–Crippen LogP) is 2.05. The first-order valence-electron chi connectivity index (χ1n) is 5.52. The third-order valence-electron chi connectivity index (χ3n) is 2.54. The summed E-state index contributed by atoms with van der Waals surface area (Å²) in [7, 11) is -2.54. The van der Waals surface area contributed by atoms with Gasteiger partial charge in [0.1, 0.15) is 9.92 Å². The number of hydrogen-bond acceptors (Lipinski definition) is 4. The lowest BCUT2D eigenvalue weighted by molar-refractivity contribution is 0.253. The number of aliphatic hydroxyl groups excluding tert-OH is 1. The van der Waals surface area contributed by atoms with Crippen molar-refractivity contribution in [3.05, 3.63) is 22.2 Å². The highest BCUT2D eigenvalue weighted by molar-refractivity contribution is 7.89. The summed E-state index contributed by atoms with van der Waals surface area (Å²) in [5.74, 6) is -0.0190. The first-order valence-corrected chi connectivity index (χ1v) is 7.76. The van der Waals surface area contributed by atoms with E-state index >= 15 is 0 Å². The molecule has 0 spiro atoms. The van der Waals surface area contributed by atoms with Crippen molar-refractivity contribution in [1.82, 2.24) is 4.72 Å². The fourth-order valence-corrected chi connectivity index (χ4v) is 3.38. The van der Waals surface area contributed by atoms with Gasteiger partial charge in [0, 0.05) is 6.04 Å². The van der Waals surface area contributed by atoms with Crippen LogP contribution < -0.4 is 9.46 Å². The van der Waals surface area contributed by atoms with Crippen molar-refractivity contribution in [3.63, 3.8) is 0 Å². The van der Waals surface area contributed by atoms with Crippen LogP contribution >= 0.6 is 23.2 Å². The summed E-state index contributed by atoms with van der Waals surface area (Å²) in [6.45, 7) is 1.47. The van der Waals surface area contributed by atoms with E-state index in [0.717, 1.165) is 0 Å². The van der Waals surface area contributed by atoms with E-state index in [4.69, 9.17) is 33.0 Å². The van der Waals surface area contributed by atoms with Gasteiger partial charge >= 0.3 is 0 Å². The Morgan fingerprint density at radius 3 is 2.53 bits per heavy atom. The van der Waals surface area contributed by atoms with E-state index < -0.39 is 16.1 Å². The average molecular weight is 328 g/mol. The number of methoxy groups -OCH3 is 1. The number of halogens is 2. The van der Waals surface area contributed by atoms with Crippen LogP contribution in [0.5, 0.6) is 5.75 Å². The van der Waals surface area contributed by atoms with Gasteiger partial charge in [-0.05, 0) is 18.6 Å². The molecule has 1 unspecified atom stereocenters. The molecule has 0 bridgehead atoms. The van der Waals surface area contributed by atoms with Gasteiger partial charge in [-0.3, -0.25) is 0 Å². The molecule has 1 aromatic carbocycles. The van der Waals surface area contributed by atoms with Gasteiger partial charge in [-0.25, -0.2) is 13.1 Å². The quantitative estimate of drug-likeness (QED) is 0.838. The molecule has 0 amide bonds. The van der Waals surface area contributed by atoms with E-state index in [2.05, 4.69) is 4.72 Å². The molecule has 0 aliphatic heterocycles. The molecule has 0 radical (unpaired) electrons. The van der Waals surface area contributed by atoms with Crippen molar-refractivity contribution < 1.29 is 18.3 Å². The van der Waals surface area contributed by atoms with Crippen LogP contribution in [-0.2, 0) is 10.0 Å². The summed E-state index contributed by atoms with van der Waals surface area (Å²) >= 11 is 11.7. The summed E-state index contributed by atoms with van der Waals surface area (Å²) in [6.07, 6.45) is 0.458. The summed E-state index contributed by atoms with van der Waals surface area (Å²) in [5, 5.41) is 9.29. The lowest BCUT2D eigenvalue weighted by Gasteiger charge is -2.17. The largest absolute Gasteiger partial charge is 0.494 e. The molecule has 0 fully saturated rings. The maximum Gasteiger partial charge on any atom is 0.244 e. The first kappa shape index (κ1) is 16.5. The fraction of sp³-hybridized carbons (Fsp3) is 0.455. The topological polar surface area (TPSA) is 75.6 Å². The molecular weight excluding hydrogens is 313 g/mol. The van der Waals surface area contributed by atoms with Crippen LogP contribution in [-0.4, -0.2) is 33.3 Å². The van der Waals surface area contributed by atoms with Gasteiger partial charge in [-0.1, -0.05) is 30.1 Å². The monoisotopic (exact) mass is 327 g/mol. The van der Waals surface area contributed by atoms with Crippen molar-refractivity contribution in [3.8, 4) is 5.75 Å². The van der Waals surface area contributed by atoms with Gasteiger partial charge in [0.05, 0.1) is 18.7 Å². The van der Waals surface area contributed by atoms with Crippen LogP contribution in [0, 0.1) is 0 Å². The maximum atomic E-state index is 12.2. The highest BCUT2D eigenvalue weighted by Crippen LogP contribution is 2.37. The van der Waals surface area contributed by atoms with E-state index in [0.29, 0.717) is 6.42 Å². The normalized spacial score (nSPS) is 13.3. The van der Waals surface area contributed by atoms with E-state index in [1.54, 1.807) is 6.92 Å².